The highest BCUT2D eigenvalue weighted by atomic mass is 32.2. The van der Waals surface area contributed by atoms with Crippen LogP contribution in [0.25, 0.3) is 10.8 Å². The van der Waals surface area contributed by atoms with Crippen molar-refractivity contribution in [3.05, 3.63) is 78.1 Å². The van der Waals surface area contributed by atoms with Crippen LogP contribution in [0.5, 0.6) is 11.8 Å². The van der Waals surface area contributed by atoms with Crippen LogP contribution in [0.15, 0.2) is 66.7 Å². The number of nitrogens with one attached hydrogen (secondary N) is 1. The Morgan fingerprint density at radius 3 is 2.51 bits per heavy atom. The smallest absolute Gasteiger partial charge is 0.322 e. The van der Waals surface area contributed by atoms with Gasteiger partial charge in [-0.3, -0.25) is 4.57 Å². The maximum absolute atomic E-state index is 13.0. The van der Waals surface area contributed by atoms with Crippen molar-refractivity contribution in [1.29, 1.82) is 0 Å². The van der Waals surface area contributed by atoms with Crippen LogP contribution in [0.2, 0.25) is 0 Å². The average Bonchev–Trinajstić information content (AvgIpc) is 3.35. The summed E-state index contributed by atoms with van der Waals surface area (Å²) in [5.41, 5.74) is 2.12. The minimum absolute atomic E-state index is 0.0198. The lowest BCUT2D eigenvalue weighted by molar-refractivity contribution is 0.312. The number of aromatic nitrogens is 3. The summed E-state index contributed by atoms with van der Waals surface area (Å²) in [5, 5.41) is 10.7. The minimum atomic E-state index is -3.57. The predicted molar refractivity (Wildman–Crippen MR) is 155 cm³/mol. The van der Waals surface area contributed by atoms with Crippen LogP contribution < -0.4 is 14.4 Å². The first-order valence-corrected chi connectivity index (χ1v) is 15.1. The van der Waals surface area contributed by atoms with E-state index in [-0.39, 0.29) is 5.75 Å². The topological polar surface area (TPSA) is 92.6 Å². The zero-order valence-corrected chi connectivity index (χ0v) is 23.6. The Labute approximate surface area is 230 Å². The molecule has 0 amide bonds. The van der Waals surface area contributed by atoms with Crippen molar-refractivity contribution in [3.8, 4) is 11.8 Å². The van der Waals surface area contributed by atoms with Gasteiger partial charge in [0.2, 0.25) is 10.0 Å². The first-order valence-electron chi connectivity index (χ1n) is 13.4. The van der Waals surface area contributed by atoms with Gasteiger partial charge in [-0.15, -0.1) is 5.10 Å². The van der Waals surface area contributed by atoms with Crippen LogP contribution in [0.4, 0.5) is 5.69 Å². The lowest BCUT2D eigenvalue weighted by Gasteiger charge is -2.34. The minimum Gasteiger partial charge on any atom is -0.424 e. The van der Waals surface area contributed by atoms with Crippen LogP contribution in [0, 0.1) is 0 Å². The molecule has 0 bridgehead atoms. The maximum atomic E-state index is 13.0. The van der Waals surface area contributed by atoms with E-state index in [9.17, 15) is 8.42 Å². The van der Waals surface area contributed by atoms with E-state index in [1.807, 2.05) is 67.6 Å². The van der Waals surface area contributed by atoms with Crippen molar-refractivity contribution in [2.45, 2.75) is 32.9 Å². The highest BCUT2D eigenvalue weighted by Gasteiger charge is 2.23. The second-order valence-corrected chi connectivity index (χ2v) is 11.9. The van der Waals surface area contributed by atoms with E-state index < -0.39 is 16.1 Å². The number of fused-ring (bicyclic) bond motifs is 1. The Kier molecular flexibility index (Phi) is 8.15. The number of sulfonamides is 1. The summed E-state index contributed by atoms with van der Waals surface area (Å²) < 4.78 is 36.8. The molecule has 9 nitrogen and oxygen atoms in total. The largest absolute Gasteiger partial charge is 0.424 e. The average molecular weight is 549 g/mol. The fraction of sp³-hybridized carbons (Fsp3) is 0.379. The zero-order valence-electron chi connectivity index (χ0n) is 22.7. The van der Waals surface area contributed by atoms with Crippen LogP contribution in [-0.2, 0) is 23.0 Å². The molecule has 10 heteroatoms. The molecule has 3 aromatic carbocycles. The molecule has 1 aliphatic rings. The van der Waals surface area contributed by atoms with Gasteiger partial charge in [-0.05, 0) is 55.8 Å². The molecule has 0 spiro atoms. The van der Waals surface area contributed by atoms with E-state index in [1.165, 1.54) is 0 Å². The first kappa shape index (κ1) is 27.1. The molecule has 1 aromatic heterocycles. The molecular weight excluding hydrogens is 512 g/mol. The van der Waals surface area contributed by atoms with Gasteiger partial charge >= 0.3 is 6.01 Å². The third-order valence-corrected chi connectivity index (χ3v) is 8.67. The molecule has 1 N–H and O–H groups in total. The van der Waals surface area contributed by atoms with Gasteiger partial charge in [0, 0.05) is 44.5 Å². The zero-order chi connectivity index (χ0) is 27.4. The molecule has 1 fully saturated rings. The van der Waals surface area contributed by atoms with Crippen LogP contribution >= 0.6 is 0 Å². The molecule has 2 heterocycles. The quantitative estimate of drug-likeness (QED) is 0.317. The summed E-state index contributed by atoms with van der Waals surface area (Å²) in [6, 6.07) is 21.7. The number of aryl methyl sites for hydroxylation is 1. The fourth-order valence-electron chi connectivity index (χ4n) is 5.04. The van der Waals surface area contributed by atoms with Crippen molar-refractivity contribution >= 4 is 26.5 Å². The van der Waals surface area contributed by atoms with E-state index >= 15 is 0 Å². The Morgan fingerprint density at radius 2 is 1.72 bits per heavy atom. The van der Waals surface area contributed by atoms with Crippen molar-refractivity contribution in [2.24, 2.45) is 0 Å². The second kappa shape index (κ2) is 11.7. The number of nitrogens with zero attached hydrogens (tertiary/aromatic N) is 5. The van der Waals surface area contributed by atoms with Gasteiger partial charge in [0.05, 0.1) is 11.8 Å². The highest BCUT2D eigenvalue weighted by Crippen LogP contribution is 2.27. The molecule has 4 aromatic rings. The summed E-state index contributed by atoms with van der Waals surface area (Å²) in [6.45, 7) is 8.26. The molecule has 0 aliphatic carbocycles. The molecule has 206 valence electrons. The third kappa shape index (κ3) is 6.41. The maximum Gasteiger partial charge on any atom is 0.322 e. The third-order valence-electron chi connectivity index (χ3n) is 7.22. The van der Waals surface area contributed by atoms with E-state index in [2.05, 4.69) is 37.8 Å². The molecule has 5 rings (SSSR count). The summed E-state index contributed by atoms with van der Waals surface area (Å²) in [4.78, 5) is 4.67. The van der Waals surface area contributed by atoms with Gasteiger partial charge in [-0.25, -0.2) is 13.1 Å². The number of piperazine rings is 1. The SMILES string of the molecule is CCn1c(Oc2cccc(N3CCN(C)CC3)c2)nnc1[C@@H](C)NS(=O)(=O)CCc1cccc2ccccc12. The number of benzene rings is 3. The van der Waals surface area contributed by atoms with Gasteiger partial charge in [0.1, 0.15) is 5.75 Å². The summed E-state index contributed by atoms with van der Waals surface area (Å²) in [7, 11) is -1.44. The number of anilines is 1. The van der Waals surface area contributed by atoms with Crippen molar-refractivity contribution in [2.75, 3.05) is 43.9 Å². The van der Waals surface area contributed by atoms with E-state index in [0.717, 1.165) is 48.2 Å². The van der Waals surface area contributed by atoms with E-state index in [1.54, 1.807) is 11.5 Å². The summed E-state index contributed by atoms with van der Waals surface area (Å²) in [6.07, 6.45) is 0.419. The molecule has 0 radical (unpaired) electrons. The number of ether oxygens (including phenoxy) is 1. The number of likely N-dealkylation sites (N-methyl/N-ethyl adjacent to an activating group) is 1. The van der Waals surface area contributed by atoms with Gasteiger partial charge in [-0.1, -0.05) is 53.6 Å². The monoisotopic (exact) mass is 548 g/mol. The molecule has 1 aliphatic heterocycles. The molecule has 0 saturated carbocycles. The number of rotatable bonds is 10. The Bertz CT molecular complexity index is 1520. The van der Waals surface area contributed by atoms with Gasteiger partial charge in [-0.2, -0.15) is 0 Å². The predicted octanol–water partition coefficient (Wildman–Crippen LogP) is 4.22. The van der Waals surface area contributed by atoms with E-state index in [4.69, 9.17) is 4.74 Å². The molecule has 0 unspecified atom stereocenters. The number of hydrogen-bond acceptors (Lipinski definition) is 7. The van der Waals surface area contributed by atoms with Crippen molar-refractivity contribution < 1.29 is 13.2 Å². The van der Waals surface area contributed by atoms with Gasteiger partial charge in [0.15, 0.2) is 5.82 Å². The lowest BCUT2D eigenvalue weighted by Crippen LogP contribution is -2.44. The Balaban J connectivity index is 1.26. The van der Waals surface area contributed by atoms with Crippen LogP contribution in [-0.4, -0.2) is 67.1 Å². The Morgan fingerprint density at radius 1 is 0.974 bits per heavy atom. The standard InChI is InChI=1S/C29H36N6O3S/c1-4-35-28(22(2)32-39(36,37)20-15-24-11-7-10-23-9-5-6-14-27(23)24)30-31-29(35)38-26-13-8-12-25(21-26)34-18-16-33(3)17-19-34/h5-14,21-22,32H,4,15-20H2,1-3H3/t22-/m1/s1. The van der Waals surface area contributed by atoms with Crippen LogP contribution in [0.1, 0.15) is 31.3 Å². The van der Waals surface area contributed by atoms with Gasteiger partial charge in [0.25, 0.3) is 0 Å². The lowest BCUT2D eigenvalue weighted by atomic mass is 10.0. The van der Waals surface area contributed by atoms with Crippen molar-refractivity contribution in [3.63, 3.8) is 0 Å². The first-order chi connectivity index (χ1) is 18.8. The van der Waals surface area contributed by atoms with Gasteiger partial charge < -0.3 is 14.5 Å². The summed E-state index contributed by atoms with van der Waals surface area (Å²) >= 11 is 0. The molecule has 39 heavy (non-hydrogen) atoms. The van der Waals surface area contributed by atoms with Crippen LogP contribution in [0.3, 0.4) is 0 Å². The Hall–Kier alpha value is -3.47. The molecule has 1 atom stereocenters. The normalized spacial score (nSPS) is 15.5. The molecule has 1 saturated heterocycles. The molecular formula is C29H36N6O3S. The number of hydrogen-bond donors (Lipinski definition) is 1. The van der Waals surface area contributed by atoms with Crippen molar-refractivity contribution in [1.82, 2.24) is 24.4 Å². The summed E-state index contributed by atoms with van der Waals surface area (Å²) in [5.74, 6) is 1.16. The fourth-order valence-corrected chi connectivity index (χ4v) is 6.29. The van der Waals surface area contributed by atoms with E-state index in [0.29, 0.717) is 30.5 Å². The second-order valence-electron chi connectivity index (χ2n) is 10.0. The highest BCUT2D eigenvalue weighted by molar-refractivity contribution is 7.89.